The predicted octanol–water partition coefficient (Wildman–Crippen LogP) is 5.18. The van der Waals surface area contributed by atoms with Crippen molar-refractivity contribution in [1.29, 1.82) is 0 Å². The molecule has 4 rings (SSSR count). The monoisotopic (exact) mass is 359 g/mol. The lowest BCUT2D eigenvalue weighted by Gasteiger charge is -2.37. The van der Waals surface area contributed by atoms with Crippen molar-refractivity contribution in [3.63, 3.8) is 0 Å². The van der Waals surface area contributed by atoms with Crippen LogP contribution in [-0.2, 0) is 5.92 Å². The third kappa shape index (κ3) is 2.22. The molecule has 1 aliphatic rings. The van der Waals surface area contributed by atoms with Gasteiger partial charge in [-0.15, -0.1) is 0 Å². The van der Waals surface area contributed by atoms with Gasteiger partial charge in [0.1, 0.15) is 17.7 Å². The van der Waals surface area contributed by atoms with E-state index in [4.69, 9.17) is 11.6 Å². The van der Waals surface area contributed by atoms with E-state index in [-0.39, 0.29) is 10.6 Å². The summed E-state index contributed by atoms with van der Waals surface area (Å²) in [5, 5.41) is 0.279. The Kier molecular flexibility index (Phi) is 3.32. The minimum atomic E-state index is -3.12. The minimum absolute atomic E-state index is 0.107. The van der Waals surface area contributed by atoms with Gasteiger partial charge in [-0.25, -0.2) is 4.98 Å². The molecule has 1 aliphatic heterocycles. The predicted molar refractivity (Wildman–Crippen MR) is 95.8 cm³/mol. The van der Waals surface area contributed by atoms with E-state index in [1.54, 1.807) is 23.0 Å². The highest BCUT2D eigenvalue weighted by Gasteiger charge is 2.53. The topological polar surface area (TPSA) is 30.2 Å². The van der Waals surface area contributed by atoms with Crippen LogP contribution in [0.1, 0.15) is 30.5 Å². The molecule has 1 aromatic heterocycles. The van der Waals surface area contributed by atoms with Crippen LogP contribution >= 0.6 is 11.6 Å². The number of para-hydroxylation sites is 1. The molecule has 2 heterocycles. The van der Waals surface area contributed by atoms with Crippen molar-refractivity contribution in [2.45, 2.75) is 32.2 Å². The van der Waals surface area contributed by atoms with Crippen LogP contribution in [0.15, 0.2) is 47.7 Å². The summed E-state index contributed by atoms with van der Waals surface area (Å²) in [5.74, 6) is -2.67. The molecule has 3 nitrogen and oxygen atoms in total. The van der Waals surface area contributed by atoms with E-state index in [1.165, 1.54) is 19.9 Å². The van der Waals surface area contributed by atoms with Crippen molar-refractivity contribution >= 4 is 28.5 Å². The third-order valence-electron chi connectivity index (χ3n) is 4.72. The fourth-order valence-electron chi connectivity index (χ4n) is 3.23. The molecule has 128 valence electrons. The standard InChI is InChI=1S/C19H16ClF2N3/c1-11-5-4-6-15-16(11)23-10-25(15)17-13-8-7-12(20)9-14(13)19(21,22)18(2,3)24-17/h4-10H,1-3H3. The zero-order chi connectivity index (χ0) is 18.0. The van der Waals surface area contributed by atoms with E-state index in [0.717, 1.165) is 16.6 Å². The Morgan fingerprint density at radius 1 is 1.12 bits per heavy atom. The molecule has 0 saturated carbocycles. The Bertz CT molecular complexity index is 1030. The Balaban J connectivity index is 2.05. The maximum absolute atomic E-state index is 15.0. The fraction of sp³-hybridized carbons (Fsp3) is 0.263. The highest BCUT2D eigenvalue weighted by molar-refractivity contribution is 6.30. The van der Waals surface area contributed by atoms with Gasteiger partial charge in [-0.1, -0.05) is 23.7 Å². The molecule has 0 amide bonds. The van der Waals surface area contributed by atoms with Gasteiger partial charge in [0.25, 0.3) is 5.92 Å². The van der Waals surface area contributed by atoms with E-state index in [1.807, 2.05) is 25.1 Å². The summed E-state index contributed by atoms with van der Waals surface area (Å²) in [7, 11) is 0. The van der Waals surface area contributed by atoms with Gasteiger partial charge >= 0.3 is 0 Å². The molecule has 25 heavy (non-hydrogen) atoms. The molecule has 0 aliphatic carbocycles. The zero-order valence-corrected chi connectivity index (χ0v) is 14.8. The van der Waals surface area contributed by atoms with Crippen LogP contribution in [0.5, 0.6) is 0 Å². The van der Waals surface area contributed by atoms with Crippen LogP contribution in [0.4, 0.5) is 8.78 Å². The van der Waals surface area contributed by atoms with Gasteiger partial charge < -0.3 is 0 Å². The molecule has 0 radical (unpaired) electrons. The van der Waals surface area contributed by atoms with Crippen molar-refractivity contribution in [3.05, 3.63) is 64.4 Å². The van der Waals surface area contributed by atoms with Crippen LogP contribution < -0.4 is 0 Å². The smallest absolute Gasteiger partial charge is 0.283 e. The fourth-order valence-corrected chi connectivity index (χ4v) is 3.40. The minimum Gasteiger partial charge on any atom is -0.283 e. The second-order valence-electron chi connectivity index (χ2n) is 6.82. The largest absolute Gasteiger partial charge is 0.298 e. The average Bonchev–Trinajstić information content (AvgIpc) is 2.97. The first-order valence-corrected chi connectivity index (χ1v) is 8.31. The lowest BCUT2D eigenvalue weighted by molar-refractivity contribution is -0.0684. The molecule has 0 unspecified atom stereocenters. The summed E-state index contributed by atoms with van der Waals surface area (Å²) >= 11 is 5.99. The number of fused-ring (bicyclic) bond motifs is 2. The molecule has 0 bridgehead atoms. The molecule has 0 saturated heterocycles. The number of hydrogen-bond donors (Lipinski definition) is 0. The molecule has 2 aromatic carbocycles. The number of benzene rings is 2. The highest BCUT2D eigenvalue weighted by Crippen LogP contribution is 2.47. The SMILES string of the molecule is Cc1cccc2c1ncn2C1=NC(C)(C)C(F)(F)c2cc(Cl)ccc21. The van der Waals surface area contributed by atoms with E-state index in [0.29, 0.717) is 11.4 Å². The lowest BCUT2D eigenvalue weighted by Crippen LogP contribution is -2.45. The van der Waals surface area contributed by atoms with Crippen LogP contribution in [0, 0.1) is 6.92 Å². The van der Waals surface area contributed by atoms with Crippen molar-refractivity contribution in [3.8, 4) is 0 Å². The quantitative estimate of drug-likeness (QED) is 0.544. The number of hydrogen-bond acceptors (Lipinski definition) is 2. The first-order chi connectivity index (χ1) is 11.7. The first-order valence-electron chi connectivity index (χ1n) is 7.93. The van der Waals surface area contributed by atoms with E-state index >= 15 is 0 Å². The maximum Gasteiger partial charge on any atom is 0.298 e. The Hall–Kier alpha value is -2.27. The Labute approximate surface area is 149 Å². The third-order valence-corrected chi connectivity index (χ3v) is 4.96. The summed E-state index contributed by atoms with van der Waals surface area (Å²) in [6.45, 7) is 4.83. The summed E-state index contributed by atoms with van der Waals surface area (Å²) in [6.07, 6.45) is 1.63. The van der Waals surface area contributed by atoms with Crippen molar-refractivity contribution in [2.75, 3.05) is 0 Å². The molecule has 0 atom stereocenters. The zero-order valence-electron chi connectivity index (χ0n) is 14.0. The molecule has 0 fully saturated rings. The van der Waals surface area contributed by atoms with Crippen LogP contribution in [0.25, 0.3) is 11.0 Å². The summed E-state index contributed by atoms with van der Waals surface area (Å²) in [5.41, 5.74) is 1.35. The van der Waals surface area contributed by atoms with E-state index in [2.05, 4.69) is 9.98 Å². The van der Waals surface area contributed by atoms with Crippen LogP contribution in [0.2, 0.25) is 5.02 Å². The number of alkyl halides is 2. The van der Waals surface area contributed by atoms with Crippen molar-refractivity contribution in [1.82, 2.24) is 9.55 Å². The van der Waals surface area contributed by atoms with Gasteiger partial charge in [0.05, 0.1) is 11.0 Å². The number of halogens is 3. The number of rotatable bonds is 0. The Morgan fingerprint density at radius 3 is 2.64 bits per heavy atom. The molecule has 6 heteroatoms. The van der Waals surface area contributed by atoms with Crippen molar-refractivity contribution in [2.24, 2.45) is 4.99 Å². The van der Waals surface area contributed by atoms with Gasteiger partial charge in [0.15, 0.2) is 0 Å². The number of aromatic nitrogens is 2. The Morgan fingerprint density at radius 2 is 1.88 bits per heavy atom. The number of imidazole rings is 1. The number of aryl methyl sites for hydroxylation is 1. The van der Waals surface area contributed by atoms with Crippen LogP contribution in [-0.4, -0.2) is 20.9 Å². The van der Waals surface area contributed by atoms with E-state index in [9.17, 15) is 8.78 Å². The molecular formula is C19H16ClF2N3. The lowest BCUT2D eigenvalue weighted by atomic mass is 9.84. The van der Waals surface area contributed by atoms with Gasteiger partial charge in [-0.3, -0.25) is 9.56 Å². The maximum atomic E-state index is 15.0. The first kappa shape index (κ1) is 16.2. The summed E-state index contributed by atoms with van der Waals surface area (Å²) in [6, 6.07) is 10.3. The molecule has 0 spiro atoms. The normalized spacial score (nSPS) is 18.1. The van der Waals surface area contributed by atoms with Crippen molar-refractivity contribution < 1.29 is 8.78 Å². The molecule has 0 N–H and O–H groups in total. The highest BCUT2D eigenvalue weighted by atomic mass is 35.5. The van der Waals surface area contributed by atoms with Gasteiger partial charge in [0.2, 0.25) is 0 Å². The van der Waals surface area contributed by atoms with Gasteiger partial charge in [-0.2, -0.15) is 8.78 Å². The number of aliphatic imine (C=N–C) groups is 1. The second kappa shape index (κ2) is 5.11. The summed E-state index contributed by atoms with van der Waals surface area (Å²) < 4.78 is 31.7. The number of nitrogens with zero attached hydrogens (tertiary/aromatic N) is 3. The van der Waals surface area contributed by atoms with Crippen LogP contribution in [0.3, 0.4) is 0 Å². The van der Waals surface area contributed by atoms with Gasteiger partial charge in [-0.05, 0) is 50.6 Å². The molecular weight excluding hydrogens is 344 g/mol. The average molecular weight is 360 g/mol. The molecule has 3 aromatic rings. The summed E-state index contributed by atoms with van der Waals surface area (Å²) in [4.78, 5) is 8.84. The second-order valence-corrected chi connectivity index (χ2v) is 7.25. The van der Waals surface area contributed by atoms with E-state index < -0.39 is 11.5 Å². The van der Waals surface area contributed by atoms with Gasteiger partial charge in [0, 0.05) is 16.1 Å².